The van der Waals surface area contributed by atoms with E-state index in [-0.39, 0.29) is 49.5 Å². The average Bonchev–Trinajstić information content (AvgIpc) is 3.45. The van der Waals surface area contributed by atoms with Crippen LogP contribution in [0.4, 0.5) is 15.9 Å². The number of anilines is 2. The van der Waals surface area contributed by atoms with Crippen molar-refractivity contribution >= 4 is 49.8 Å². The molecule has 0 spiro atoms. The van der Waals surface area contributed by atoms with Crippen LogP contribution in [0.3, 0.4) is 0 Å². The van der Waals surface area contributed by atoms with E-state index in [1.165, 1.54) is 18.5 Å². The van der Waals surface area contributed by atoms with E-state index >= 15 is 0 Å². The Kier molecular flexibility index (Phi) is 8.00. The summed E-state index contributed by atoms with van der Waals surface area (Å²) in [6, 6.07) is 19.3. The zero-order valence-electron chi connectivity index (χ0n) is 22.9. The van der Waals surface area contributed by atoms with Gasteiger partial charge in [-0.25, -0.2) is 22.8 Å². The predicted octanol–water partition coefficient (Wildman–Crippen LogP) is 5.47. The first-order chi connectivity index (χ1) is 20.7. The van der Waals surface area contributed by atoms with Crippen molar-refractivity contribution in [2.75, 3.05) is 29.9 Å². The number of carbonyl (C=O) groups excluding carboxylic acids is 1. The molecule has 0 bridgehead atoms. The van der Waals surface area contributed by atoms with Crippen LogP contribution in [-0.4, -0.2) is 58.4 Å². The Balaban J connectivity index is 1.16. The summed E-state index contributed by atoms with van der Waals surface area (Å²) < 4.78 is 44.4. The molecule has 220 valence electrons. The van der Waals surface area contributed by atoms with Crippen molar-refractivity contribution in [1.82, 2.24) is 19.4 Å². The molecule has 1 saturated heterocycles. The van der Waals surface area contributed by atoms with Crippen molar-refractivity contribution in [3.63, 3.8) is 0 Å². The minimum atomic E-state index is -3.05. The third-order valence-corrected chi connectivity index (χ3v) is 9.12. The summed E-state index contributed by atoms with van der Waals surface area (Å²) in [7, 11) is -3.05. The number of fused-ring (bicyclic) bond motifs is 1. The summed E-state index contributed by atoms with van der Waals surface area (Å²) >= 11 is 6.49. The van der Waals surface area contributed by atoms with Crippen LogP contribution in [0.25, 0.3) is 22.0 Å². The van der Waals surface area contributed by atoms with Gasteiger partial charge in [0.2, 0.25) is 5.91 Å². The Morgan fingerprint density at radius 3 is 2.63 bits per heavy atom. The Hall–Kier alpha value is -4.48. The number of rotatable bonds is 8. The lowest BCUT2D eigenvalue weighted by atomic mass is 10.1. The zero-order valence-corrected chi connectivity index (χ0v) is 24.5. The van der Waals surface area contributed by atoms with Crippen LogP contribution in [0.5, 0.6) is 5.75 Å². The van der Waals surface area contributed by atoms with E-state index in [1.54, 1.807) is 33.7 Å². The molecule has 6 rings (SSSR count). The van der Waals surface area contributed by atoms with Crippen LogP contribution in [0.1, 0.15) is 5.56 Å². The predicted molar refractivity (Wildman–Crippen MR) is 164 cm³/mol. The molecule has 0 atom stereocenters. The lowest BCUT2D eigenvalue weighted by Gasteiger charge is -2.26. The monoisotopic (exact) mass is 619 g/mol. The maximum Gasteiger partial charge on any atom is 0.242 e. The Morgan fingerprint density at radius 1 is 1.00 bits per heavy atom. The number of nitrogens with zero attached hydrogens (tertiary/aromatic N) is 4. The highest BCUT2D eigenvalue weighted by Crippen LogP contribution is 2.32. The number of hydrogen-bond donors (Lipinski definition) is 1. The van der Waals surface area contributed by atoms with Gasteiger partial charge in [0.05, 0.1) is 22.0 Å². The SMILES string of the molecule is O=C(Cn1ccc(-c2ccc3ncnc(Nc4ccc(OCc5cccc(F)c5)c(Cl)c4)c3c2)c1)N1CCS(=O)(=O)CC1. The Labute approximate surface area is 252 Å². The van der Waals surface area contributed by atoms with Crippen LogP contribution >= 0.6 is 11.6 Å². The highest BCUT2D eigenvalue weighted by atomic mass is 35.5. The molecule has 12 heteroatoms. The topological polar surface area (TPSA) is 106 Å². The molecule has 0 radical (unpaired) electrons. The molecule has 1 aliphatic rings. The number of nitrogens with one attached hydrogen (secondary N) is 1. The molecule has 0 aliphatic carbocycles. The van der Waals surface area contributed by atoms with Crippen molar-refractivity contribution in [3.05, 3.63) is 102 Å². The van der Waals surface area contributed by atoms with Gasteiger partial charge in [0, 0.05) is 36.6 Å². The molecule has 9 nitrogen and oxygen atoms in total. The smallest absolute Gasteiger partial charge is 0.242 e. The average molecular weight is 620 g/mol. The van der Waals surface area contributed by atoms with E-state index in [0.717, 1.165) is 22.0 Å². The minimum absolute atomic E-state index is 0.00585. The molecule has 0 saturated carbocycles. The summed E-state index contributed by atoms with van der Waals surface area (Å²) in [6.45, 7) is 0.769. The zero-order chi connectivity index (χ0) is 30.0. The summed E-state index contributed by atoms with van der Waals surface area (Å²) in [4.78, 5) is 23.2. The van der Waals surface area contributed by atoms with Crippen LogP contribution < -0.4 is 10.1 Å². The summed E-state index contributed by atoms with van der Waals surface area (Å²) in [5, 5.41) is 4.49. The first-order valence-electron chi connectivity index (χ1n) is 13.6. The van der Waals surface area contributed by atoms with Gasteiger partial charge < -0.3 is 19.5 Å². The van der Waals surface area contributed by atoms with E-state index < -0.39 is 9.84 Å². The van der Waals surface area contributed by atoms with Gasteiger partial charge in [-0.05, 0) is 65.2 Å². The third-order valence-electron chi connectivity index (χ3n) is 7.21. The van der Waals surface area contributed by atoms with Crippen LogP contribution in [-0.2, 0) is 27.8 Å². The van der Waals surface area contributed by atoms with Gasteiger partial charge in [0.15, 0.2) is 9.84 Å². The first kappa shape index (κ1) is 28.6. The van der Waals surface area contributed by atoms with Gasteiger partial charge in [0.1, 0.15) is 36.9 Å². The normalized spacial score (nSPS) is 14.5. The van der Waals surface area contributed by atoms with Crippen molar-refractivity contribution in [2.45, 2.75) is 13.2 Å². The molecule has 1 fully saturated rings. The van der Waals surface area contributed by atoms with Crippen LogP contribution in [0.2, 0.25) is 5.02 Å². The standard InChI is InChI=1S/C31H27ClFN5O4S/c32-27-16-25(5-7-29(27)42-19-21-2-1-3-24(33)14-21)36-31-26-15-22(4-6-28(26)34-20-35-31)23-8-9-37(17-23)18-30(39)38-10-12-43(40,41)13-11-38/h1-9,14-17,20H,10-13,18-19H2,(H,34,35,36). The highest BCUT2D eigenvalue weighted by Gasteiger charge is 2.25. The van der Waals surface area contributed by atoms with Gasteiger partial charge in [-0.15, -0.1) is 0 Å². The number of ether oxygens (including phenoxy) is 1. The Morgan fingerprint density at radius 2 is 1.84 bits per heavy atom. The van der Waals surface area contributed by atoms with Crippen LogP contribution in [0.15, 0.2) is 85.5 Å². The number of benzene rings is 3. The molecule has 5 aromatic rings. The quantitative estimate of drug-likeness (QED) is 0.245. The molecule has 3 heterocycles. The first-order valence-corrected chi connectivity index (χ1v) is 15.8. The molecule has 43 heavy (non-hydrogen) atoms. The number of sulfone groups is 1. The molecular formula is C31H27ClFN5O4S. The molecule has 1 N–H and O–H groups in total. The van der Waals surface area contributed by atoms with Crippen molar-refractivity contribution in [2.24, 2.45) is 0 Å². The molecular weight excluding hydrogens is 593 g/mol. The maximum atomic E-state index is 13.5. The largest absolute Gasteiger partial charge is 0.487 e. The molecule has 0 unspecified atom stereocenters. The summed E-state index contributed by atoms with van der Waals surface area (Å²) in [6.07, 6.45) is 5.20. The summed E-state index contributed by atoms with van der Waals surface area (Å²) in [5.74, 6) is 0.636. The van der Waals surface area contributed by atoms with E-state index in [1.807, 2.05) is 42.7 Å². The van der Waals surface area contributed by atoms with E-state index in [4.69, 9.17) is 16.3 Å². The second-order valence-electron chi connectivity index (χ2n) is 10.2. The number of amides is 1. The number of halogens is 2. The van der Waals surface area contributed by atoms with E-state index in [2.05, 4.69) is 15.3 Å². The highest BCUT2D eigenvalue weighted by molar-refractivity contribution is 7.91. The minimum Gasteiger partial charge on any atom is -0.487 e. The molecule has 2 aromatic heterocycles. The number of carbonyl (C=O) groups is 1. The number of aromatic nitrogens is 3. The van der Waals surface area contributed by atoms with Gasteiger partial charge in [-0.3, -0.25) is 4.79 Å². The maximum absolute atomic E-state index is 13.5. The van der Waals surface area contributed by atoms with Gasteiger partial charge in [-0.1, -0.05) is 29.8 Å². The molecule has 3 aromatic carbocycles. The number of hydrogen-bond acceptors (Lipinski definition) is 7. The molecule has 1 aliphatic heterocycles. The van der Waals surface area contributed by atoms with Gasteiger partial charge >= 0.3 is 0 Å². The van der Waals surface area contributed by atoms with Crippen molar-refractivity contribution in [1.29, 1.82) is 0 Å². The third kappa shape index (κ3) is 6.79. The van der Waals surface area contributed by atoms with E-state index in [9.17, 15) is 17.6 Å². The van der Waals surface area contributed by atoms with Crippen LogP contribution in [0, 0.1) is 5.82 Å². The van der Waals surface area contributed by atoms with Crippen molar-refractivity contribution < 1.29 is 22.3 Å². The van der Waals surface area contributed by atoms with Crippen molar-refractivity contribution in [3.8, 4) is 16.9 Å². The van der Waals surface area contributed by atoms with Gasteiger partial charge in [0.25, 0.3) is 0 Å². The second kappa shape index (κ2) is 12.0. The molecule has 1 amide bonds. The van der Waals surface area contributed by atoms with Gasteiger partial charge in [-0.2, -0.15) is 0 Å². The van der Waals surface area contributed by atoms with E-state index in [0.29, 0.717) is 27.8 Å². The summed E-state index contributed by atoms with van der Waals surface area (Å²) in [5.41, 5.74) is 3.97. The fourth-order valence-electron chi connectivity index (χ4n) is 4.88. The fraction of sp³-hybridized carbons (Fsp3) is 0.194. The fourth-order valence-corrected chi connectivity index (χ4v) is 6.32. The lowest BCUT2D eigenvalue weighted by Crippen LogP contribution is -2.44. The lowest BCUT2D eigenvalue weighted by molar-refractivity contribution is -0.131. The Bertz CT molecular complexity index is 1920. The second-order valence-corrected chi connectivity index (χ2v) is 13.0.